The van der Waals surface area contributed by atoms with Gasteiger partial charge in [0, 0.05) is 48.3 Å². The molecule has 30 heavy (non-hydrogen) atoms. The number of hydrogen-bond donors (Lipinski definition) is 3. The number of imidazole rings is 1. The molecule has 1 unspecified atom stereocenters. The molecule has 0 saturated heterocycles. The molecule has 156 valence electrons. The van der Waals surface area contributed by atoms with Crippen molar-refractivity contribution in [3.05, 3.63) is 73.1 Å². The molecule has 3 aromatic rings. The van der Waals surface area contributed by atoms with E-state index in [-0.39, 0.29) is 23.4 Å². The van der Waals surface area contributed by atoms with Gasteiger partial charge in [0.15, 0.2) is 0 Å². The molecule has 0 aliphatic carbocycles. The molecular weight excluding hydrogens is 380 g/mol. The van der Waals surface area contributed by atoms with E-state index in [0.29, 0.717) is 23.5 Å². The van der Waals surface area contributed by atoms with Crippen molar-refractivity contribution in [3.63, 3.8) is 0 Å². The third-order valence-electron chi connectivity index (χ3n) is 4.62. The van der Waals surface area contributed by atoms with E-state index in [4.69, 9.17) is 0 Å². The smallest absolute Gasteiger partial charge is 0.319 e. The summed E-state index contributed by atoms with van der Waals surface area (Å²) in [6, 6.07) is 9.86. The Labute approximate surface area is 175 Å². The summed E-state index contributed by atoms with van der Waals surface area (Å²) in [5, 5.41) is 8.70. The number of urea groups is 1. The van der Waals surface area contributed by atoms with Gasteiger partial charge in [0.05, 0.1) is 12.4 Å². The number of amides is 3. The Morgan fingerprint density at radius 1 is 1.00 bits per heavy atom. The molecule has 1 aromatic carbocycles. The highest BCUT2D eigenvalue weighted by molar-refractivity contribution is 6.04. The van der Waals surface area contributed by atoms with Crippen LogP contribution in [0.15, 0.2) is 67.5 Å². The van der Waals surface area contributed by atoms with Crippen LogP contribution in [-0.4, -0.2) is 32.5 Å². The monoisotopic (exact) mass is 406 g/mol. The molecule has 0 fully saturated rings. The number of rotatable bonds is 6. The van der Waals surface area contributed by atoms with Gasteiger partial charge >= 0.3 is 6.03 Å². The van der Waals surface area contributed by atoms with Crippen molar-refractivity contribution in [2.24, 2.45) is 5.41 Å². The highest BCUT2D eigenvalue weighted by Gasteiger charge is 2.26. The second kappa shape index (κ2) is 9.21. The van der Waals surface area contributed by atoms with Crippen LogP contribution in [0.25, 0.3) is 0 Å². The van der Waals surface area contributed by atoms with Gasteiger partial charge in [-0.05, 0) is 35.7 Å². The van der Waals surface area contributed by atoms with Crippen LogP contribution in [-0.2, 0) is 6.54 Å². The largest absolute Gasteiger partial charge is 0.335 e. The first kappa shape index (κ1) is 21.0. The van der Waals surface area contributed by atoms with E-state index >= 15 is 0 Å². The van der Waals surface area contributed by atoms with Crippen LogP contribution in [0.5, 0.6) is 0 Å². The zero-order valence-electron chi connectivity index (χ0n) is 17.3. The first-order chi connectivity index (χ1) is 14.3. The van der Waals surface area contributed by atoms with E-state index < -0.39 is 0 Å². The zero-order chi connectivity index (χ0) is 21.6. The van der Waals surface area contributed by atoms with Gasteiger partial charge in [-0.1, -0.05) is 26.8 Å². The van der Waals surface area contributed by atoms with Gasteiger partial charge in [0.25, 0.3) is 5.91 Å². The summed E-state index contributed by atoms with van der Waals surface area (Å²) in [4.78, 5) is 32.9. The zero-order valence-corrected chi connectivity index (χ0v) is 17.3. The molecule has 0 bridgehead atoms. The van der Waals surface area contributed by atoms with Crippen molar-refractivity contribution in [3.8, 4) is 0 Å². The van der Waals surface area contributed by atoms with Gasteiger partial charge in [-0.3, -0.25) is 9.78 Å². The standard InChI is InChI=1S/C22H26N6O2/c1-22(2,3)19(14-28-12-11-24-15-28)27-21(30)26-18-6-4-5-17(13-18)25-20(29)16-7-9-23-10-8-16/h4-13,15,19H,14H2,1-3H3,(H,25,29)(H2,26,27,30). The lowest BCUT2D eigenvalue weighted by atomic mass is 9.86. The molecule has 3 rings (SSSR count). The lowest BCUT2D eigenvalue weighted by Crippen LogP contribution is -2.47. The number of nitrogens with one attached hydrogen (secondary N) is 3. The van der Waals surface area contributed by atoms with Crippen LogP contribution in [0.4, 0.5) is 16.2 Å². The van der Waals surface area contributed by atoms with Gasteiger partial charge in [0.1, 0.15) is 0 Å². The number of carbonyl (C=O) groups is 2. The molecule has 0 radical (unpaired) electrons. The molecule has 0 aliphatic heterocycles. The summed E-state index contributed by atoms with van der Waals surface area (Å²) in [5.41, 5.74) is 1.52. The maximum atomic E-state index is 12.6. The molecule has 0 saturated carbocycles. The molecule has 3 amide bonds. The summed E-state index contributed by atoms with van der Waals surface area (Å²) in [5.74, 6) is -0.243. The Morgan fingerprint density at radius 2 is 1.70 bits per heavy atom. The highest BCUT2D eigenvalue weighted by atomic mass is 16.2. The molecule has 3 N–H and O–H groups in total. The number of aromatic nitrogens is 3. The molecule has 8 nitrogen and oxygen atoms in total. The van der Waals surface area contributed by atoms with E-state index in [9.17, 15) is 9.59 Å². The maximum absolute atomic E-state index is 12.6. The van der Waals surface area contributed by atoms with Crippen LogP contribution < -0.4 is 16.0 Å². The normalized spacial score (nSPS) is 12.1. The van der Waals surface area contributed by atoms with Gasteiger partial charge in [-0.2, -0.15) is 0 Å². The fraction of sp³-hybridized carbons (Fsp3) is 0.273. The summed E-state index contributed by atoms with van der Waals surface area (Å²) in [6.07, 6.45) is 8.44. The van der Waals surface area contributed by atoms with E-state index in [1.165, 1.54) is 0 Å². The van der Waals surface area contributed by atoms with E-state index in [0.717, 1.165) is 0 Å². The van der Waals surface area contributed by atoms with Crippen LogP contribution in [0, 0.1) is 5.41 Å². The summed E-state index contributed by atoms with van der Waals surface area (Å²) >= 11 is 0. The SMILES string of the molecule is CC(C)(C)C(Cn1ccnc1)NC(=O)Nc1cccc(NC(=O)c2ccncc2)c1. The van der Waals surface area contributed by atoms with Crippen molar-refractivity contribution in [2.45, 2.75) is 33.4 Å². The highest BCUT2D eigenvalue weighted by Crippen LogP contribution is 2.21. The van der Waals surface area contributed by atoms with E-state index in [2.05, 4.69) is 46.7 Å². The predicted octanol–water partition coefficient (Wildman–Crippen LogP) is 3.77. The Hall–Kier alpha value is -3.68. The summed E-state index contributed by atoms with van der Waals surface area (Å²) in [6.45, 7) is 6.83. The topological polar surface area (TPSA) is 101 Å². The van der Waals surface area contributed by atoms with Crippen LogP contribution >= 0.6 is 0 Å². The second-order valence-electron chi connectivity index (χ2n) is 8.05. The third kappa shape index (κ3) is 5.91. The molecule has 2 aromatic heterocycles. The molecule has 0 aliphatic rings. The Bertz CT molecular complexity index is 980. The summed E-state index contributed by atoms with van der Waals surface area (Å²) in [7, 11) is 0. The fourth-order valence-corrected chi connectivity index (χ4v) is 2.85. The quantitative estimate of drug-likeness (QED) is 0.580. The Morgan fingerprint density at radius 3 is 2.33 bits per heavy atom. The molecular formula is C22H26N6O2. The Kier molecular flexibility index (Phi) is 6.46. The molecule has 2 heterocycles. The van der Waals surface area contributed by atoms with Gasteiger partial charge in [0.2, 0.25) is 0 Å². The predicted molar refractivity (Wildman–Crippen MR) is 116 cm³/mol. The van der Waals surface area contributed by atoms with Crippen LogP contribution in [0.2, 0.25) is 0 Å². The minimum absolute atomic E-state index is 0.110. The van der Waals surface area contributed by atoms with Crippen LogP contribution in [0.1, 0.15) is 31.1 Å². The van der Waals surface area contributed by atoms with Gasteiger partial charge in [-0.25, -0.2) is 9.78 Å². The van der Waals surface area contributed by atoms with Crippen molar-refractivity contribution >= 4 is 23.3 Å². The van der Waals surface area contributed by atoms with Crippen molar-refractivity contribution in [1.29, 1.82) is 0 Å². The third-order valence-corrected chi connectivity index (χ3v) is 4.62. The average Bonchev–Trinajstić information content (AvgIpc) is 3.21. The second-order valence-corrected chi connectivity index (χ2v) is 8.05. The lowest BCUT2D eigenvalue weighted by molar-refractivity contribution is 0.102. The first-order valence-electron chi connectivity index (χ1n) is 9.66. The molecule has 0 spiro atoms. The average molecular weight is 406 g/mol. The van der Waals surface area contributed by atoms with Crippen molar-refractivity contribution in [2.75, 3.05) is 10.6 Å². The number of hydrogen-bond acceptors (Lipinski definition) is 4. The van der Waals surface area contributed by atoms with Crippen molar-refractivity contribution < 1.29 is 9.59 Å². The van der Waals surface area contributed by atoms with E-state index in [1.54, 1.807) is 61.3 Å². The number of pyridine rings is 1. The Balaban J connectivity index is 1.63. The fourth-order valence-electron chi connectivity index (χ4n) is 2.85. The first-order valence-corrected chi connectivity index (χ1v) is 9.66. The van der Waals surface area contributed by atoms with Crippen molar-refractivity contribution in [1.82, 2.24) is 19.9 Å². The van der Waals surface area contributed by atoms with Gasteiger partial charge in [-0.15, -0.1) is 0 Å². The van der Waals surface area contributed by atoms with E-state index in [1.807, 2.05) is 10.8 Å². The minimum Gasteiger partial charge on any atom is -0.335 e. The summed E-state index contributed by atoms with van der Waals surface area (Å²) < 4.78 is 1.94. The van der Waals surface area contributed by atoms with Crippen LogP contribution in [0.3, 0.4) is 0 Å². The number of anilines is 2. The lowest BCUT2D eigenvalue weighted by Gasteiger charge is -2.31. The van der Waals surface area contributed by atoms with Gasteiger partial charge < -0.3 is 20.5 Å². The maximum Gasteiger partial charge on any atom is 0.319 e. The number of nitrogens with zero attached hydrogens (tertiary/aromatic N) is 3. The number of benzene rings is 1. The minimum atomic E-state index is -0.312. The molecule has 1 atom stereocenters. The number of carbonyl (C=O) groups excluding carboxylic acids is 2. The molecule has 8 heteroatoms.